The van der Waals surface area contributed by atoms with E-state index in [4.69, 9.17) is 4.42 Å². The number of amides is 1. The zero-order chi connectivity index (χ0) is 21.1. The Morgan fingerprint density at radius 2 is 1.77 bits per heavy atom. The average molecular weight is 466 g/mol. The van der Waals surface area contributed by atoms with Gasteiger partial charge in [0.05, 0.1) is 0 Å². The Labute approximate surface area is 181 Å². The van der Waals surface area contributed by atoms with E-state index in [9.17, 15) is 9.18 Å². The normalized spacial score (nSPS) is 10.8. The van der Waals surface area contributed by atoms with Crippen LogP contribution in [-0.2, 0) is 6.54 Å². The highest BCUT2D eigenvalue weighted by molar-refractivity contribution is 9.10. The second-order valence-corrected chi connectivity index (χ2v) is 7.64. The van der Waals surface area contributed by atoms with E-state index < -0.39 is 0 Å². The Bertz CT molecular complexity index is 1210. The molecule has 150 valence electrons. The van der Waals surface area contributed by atoms with Crippen LogP contribution in [0.2, 0.25) is 0 Å². The number of nitrogens with one attached hydrogen (secondary N) is 1. The van der Waals surface area contributed by atoms with E-state index in [-0.39, 0.29) is 18.3 Å². The molecule has 30 heavy (non-hydrogen) atoms. The van der Waals surface area contributed by atoms with Gasteiger partial charge in [0, 0.05) is 33.3 Å². The number of halogens is 2. The third-order valence-corrected chi connectivity index (χ3v) is 5.13. The van der Waals surface area contributed by atoms with Crippen LogP contribution in [0.3, 0.4) is 0 Å². The van der Waals surface area contributed by atoms with E-state index in [0.717, 1.165) is 15.6 Å². The summed E-state index contributed by atoms with van der Waals surface area (Å²) in [7, 11) is 0. The zero-order valence-corrected chi connectivity index (χ0v) is 17.6. The third-order valence-electron chi connectivity index (χ3n) is 4.64. The SMILES string of the molecule is Cc1ccccc1-c1nnc(-c2ccc(C(=O)NCc3cc(Br)ccc3F)cc2)o1. The Morgan fingerprint density at radius 1 is 1.03 bits per heavy atom. The van der Waals surface area contributed by atoms with Gasteiger partial charge in [-0.1, -0.05) is 34.1 Å². The molecule has 0 saturated heterocycles. The summed E-state index contributed by atoms with van der Waals surface area (Å²) in [5.41, 5.74) is 3.49. The van der Waals surface area contributed by atoms with Crippen molar-refractivity contribution in [3.8, 4) is 22.9 Å². The van der Waals surface area contributed by atoms with Crippen LogP contribution in [0.15, 0.2) is 75.6 Å². The number of carbonyl (C=O) groups is 1. The molecule has 0 radical (unpaired) electrons. The van der Waals surface area contributed by atoms with Crippen molar-refractivity contribution in [2.24, 2.45) is 0 Å². The molecular formula is C23H17BrFN3O2. The molecule has 0 spiro atoms. The first-order valence-electron chi connectivity index (χ1n) is 9.23. The lowest BCUT2D eigenvalue weighted by Crippen LogP contribution is -2.23. The van der Waals surface area contributed by atoms with E-state index in [1.807, 2.05) is 31.2 Å². The van der Waals surface area contributed by atoms with Gasteiger partial charge in [-0.05, 0) is 61.0 Å². The van der Waals surface area contributed by atoms with Gasteiger partial charge in [0.15, 0.2) is 0 Å². The summed E-state index contributed by atoms with van der Waals surface area (Å²) in [5, 5.41) is 11.0. The summed E-state index contributed by atoms with van der Waals surface area (Å²) in [6.07, 6.45) is 0. The van der Waals surface area contributed by atoms with Crippen molar-refractivity contribution in [2.75, 3.05) is 0 Å². The van der Waals surface area contributed by atoms with Crippen molar-refractivity contribution in [1.29, 1.82) is 0 Å². The fourth-order valence-corrected chi connectivity index (χ4v) is 3.39. The highest BCUT2D eigenvalue weighted by atomic mass is 79.9. The van der Waals surface area contributed by atoms with Crippen molar-refractivity contribution in [3.05, 3.63) is 93.7 Å². The summed E-state index contributed by atoms with van der Waals surface area (Å²) in [6.45, 7) is 2.07. The Morgan fingerprint density at radius 3 is 2.53 bits per heavy atom. The van der Waals surface area contributed by atoms with Crippen LogP contribution < -0.4 is 5.32 Å². The molecule has 1 amide bonds. The van der Waals surface area contributed by atoms with Gasteiger partial charge < -0.3 is 9.73 Å². The van der Waals surface area contributed by atoms with Gasteiger partial charge in [0.25, 0.3) is 5.91 Å². The number of aryl methyl sites for hydroxylation is 1. The molecule has 1 aromatic heterocycles. The van der Waals surface area contributed by atoms with Crippen LogP contribution in [0.25, 0.3) is 22.9 Å². The lowest BCUT2D eigenvalue weighted by molar-refractivity contribution is 0.0950. The second-order valence-electron chi connectivity index (χ2n) is 6.72. The van der Waals surface area contributed by atoms with Gasteiger partial charge in [-0.2, -0.15) is 0 Å². The average Bonchev–Trinajstić information content (AvgIpc) is 3.24. The van der Waals surface area contributed by atoms with Crippen LogP contribution in [0.5, 0.6) is 0 Å². The molecular weight excluding hydrogens is 449 g/mol. The van der Waals surface area contributed by atoms with E-state index in [1.165, 1.54) is 6.07 Å². The summed E-state index contributed by atoms with van der Waals surface area (Å²) in [5.74, 6) is 0.152. The number of nitrogens with zero attached hydrogens (tertiary/aromatic N) is 2. The molecule has 1 N–H and O–H groups in total. The quantitative estimate of drug-likeness (QED) is 0.419. The van der Waals surface area contributed by atoms with Crippen molar-refractivity contribution >= 4 is 21.8 Å². The molecule has 0 aliphatic rings. The van der Waals surface area contributed by atoms with Gasteiger partial charge in [-0.3, -0.25) is 4.79 Å². The molecule has 4 aromatic rings. The number of benzene rings is 3. The highest BCUT2D eigenvalue weighted by Crippen LogP contribution is 2.26. The Kier molecular flexibility index (Phi) is 5.72. The monoisotopic (exact) mass is 465 g/mol. The van der Waals surface area contributed by atoms with Crippen LogP contribution in [0.4, 0.5) is 4.39 Å². The largest absolute Gasteiger partial charge is 0.416 e. The van der Waals surface area contributed by atoms with E-state index in [0.29, 0.717) is 28.5 Å². The molecule has 0 fully saturated rings. The summed E-state index contributed by atoms with van der Waals surface area (Å²) in [4.78, 5) is 12.4. The van der Waals surface area contributed by atoms with Crippen molar-refractivity contribution in [1.82, 2.24) is 15.5 Å². The molecule has 1 heterocycles. The van der Waals surface area contributed by atoms with Gasteiger partial charge in [-0.25, -0.2) is 4.39 Å². The first-order chi connectivity index (χ1) is 14.5. The number of hydrogen-bond donors (Lipinski definition) is 1. The van der Waals surface area contributed by atoms with Crippen LogP contribution in [-0.4, -0.2) is 16.1 Å². The number of hydrogen-bond acceptors (Lipinski definition) is 4. The molecule has 4 rings (SSSR count). The van der Waals surface area contributed by atoms with Crippen molar-refractivity contribution < 1.29 is 13.6 Å². The molecule has 7 heteroatoms. The summed E-state index contributed by atoms with van der Waals surface area (Å²) in [6, 6.07) is 19.2. The first kappa shape index (κ1) is 20.0. The topological polar surface area (TPSA) is 68.0 Å². The number of rotatable bonds is 5. The fraction of sp³-hybridized carbons (Fsp3) is 0.0870. The van der Waals surface area contributed by atoms with E-state index in [1.54, 1.807) is 36.4 Å². The van der Waals surface area contributed by atoms with Gasteiger partial charge in [0.1, 0.15) is 5.82 Å². The summed E-state index contributed by atoms with van der Waals surface area (Å²) < 4.78 is 20.4. The fourth-order valence-electron chi connectivity index (χ4n) is 2.98. The minimum absolute atomic E-state index is 0.0926. The number of aromatic nitrogens is 2. The second kappa shape index (κ2) is 8.59. The first-order valence-corrected chi connectivity index (χ1v) is 10.0. The maximum atomic E-state index is 13.8. The van der Waals surface area contributed by atoms with E-state index in [2.05, 4.69) is 31.4 Å². The van der Waals surface area contributed by atoms with Crippen LogP contribution >= 0.6 is 15.9 Å². The maximum absolute atomic E-state index is 13.8. The molecule has 0 bridgehead atoms. The van der Waals surface area contributed by atoms with E-state index >= 15 is 0 Å². The predicted molar refractivity (Wildman–Crippen MR) is 115 cm³/mol. The molecule has 0 aliphatic carbocycles. The van der Waals surface area contributed by atoms with Gasteiger partial charge in [-0.15, -0.1) is 10.2 Å². The lowest BCUT2D eigenvalue weighted by Gasteiger charge is -2.07. The van der Waals surface area contributed by atoms with Crippen LogP contribution in [0.1, 0.15) is 21.5 Å². The van der Waals surface area contributed by atoms with Crippen molar-refractivity contribution in [2.45, 2.75) is 13.5 Å². The molecule has 0 aliphatic heterocycles. The molecule has 0 unspecified atom stereocenters. The molecule has 0 atom stereocenters. The van der Waals surface area contributed by atoms with Gasteiger partial charge in [0.2, 0.25) is 11.8 Å². The minimum atomic E-state index is -0.366. The summed E-state index contributed by atoms with van der Waals surface area (Å²) >= 11 is 3.30. The molecule has 3 aromatic carbocycles. The maximum Gasteiger partial charge on any atom is 0.251 e. The Balaban J connectivity index is 1.46. The molecule has 0 saturated carbocycles. The smallest absolute Gasteiger partial charge is 0.251 e. The highest BCUT2D eigenvalue weighted by Gasteiger charge is 2.13. The van der Waals surface area contributed by atoms with Crippen molar-refractivity contribution in [3.63, 3.8) is 0 Å². The predicted octanol–water partition coefficient (Wildman–Crippen LogP) is 5.54. The standard InChI is InChI=1S/C23H17BrFN3O2/c1-14-4-2-3-5-19(14)23-28-27-22(30-23)16-8-6-15(7-9-16)21(29)26-13-17-12-18(24)10-11-20(17)25/h2-12H,13H2,1H3,(H,26,29). The third kappa shape index (κ3) is 4.31. The molecule has 5 nitrogen and oxygen atoms in total. The minimum Gasteiger partial charge on any atom is -0.416 e. The van der Waals surface area contributed by atoms with Gasteiger partial charge >= 0.3 is 0 Å². The zero-order valence-electron chi connectivity index (χ0n) is 16.0. The van der Waals surface area contributed by atoms with Crippen LogP contribution in [0, 0.1) is 12.7 Å². The number of carbonyl (C=O) groups excluding carboxylic acids is 1. The lowest BCUT2D eigenvalue weighted by atomic mass is 10.1. The Hall–Kier alpha value is -3.32.